The Morgan fingerprint density at radius 3 is 1.92 bits per heavy atom. The van der Waals surface area contributed by atoms with Crippen molar-refractivity contribution in [2.75, 3.05) is 0 Å². The van der Waals surface area contributed by atoms with E-state index in [4.69, 9.17) is 5.26 Å². The first kappa shape index (κ1) is 19.4. The van der Waals surface area contributed by atoms with E-state index in [1.54, 1.807) is 12.1 Å². The minimum atomic E-state index is -0.356. The molecular weight excluding hydrogens is 321 g/mol. The molecule has 3 rings (SSSR count). The van der Waals surface area contributed by atoms with E-state index in [2.05, 4.69) is 6.92 Å². The average molecular weight is 356 g/mol. The van der Waals surface area contributed by atoms with Crippen LogP contribution in [0.5, 0.6) is 0 Å². The maximum atomic E-state index is 13.9. The van der Waals surface area contributed by atoms with Crippen LogP contribution in [0.15, 0.2) is 18.2 Å². The monoisotopic (exact) mass is 355 g/mol. The van der Waals surface area contributed by atoms with Gasteiger partial charge in [-0.3, -0.25) is 0 Å². The van der Waals surface area contributed by atoms with Crippen molar-refractivity contribution in [1.82, 2.24) is 0 Å². The van der Waals surface area contributed by atoms with Gasteiger partial charge in [-0.1, -0.05) is 64.4 Å². The minimum Gasteiger partial charge on any atom is -0.206 e. The van der Waals surface area contributed by atoms with Crippen molar-refractivity contribution in [1.29, 1.82) is 5.26 Å². The molecule has 26 heavy (non-hydrogen) atoms. The van der Waals surface area contributed by atoms with Crippen LogP contribution in [-0.4, -0.2) is 0 Å². The molecule has 0 atom stereocenters. The largest absolute Gasteiger partial charge is 0.206 e. The van der Waals surface area contributed by atoms with Gasteiger partial charge >= 0.3 is 0 Å². The Labute approximate surface area is 159 Å². The molecule has 0 bridgehead atoms. The maximum Gasteiger partial charge on any atom is 0.141 e. The molecular formula is C24H34FN. The zero-order chi connectivity index (χ0) is 18.4. The number of hydrogen-bond acceptors (Lipinski definition) is 1. The second kappa shape index (κ2) is 9.54. The van der Waals surface area contributed by atoms with Gasteiger partial charge in [0.1, 0.15) is 11.9 Å². The number of benzene rings is 1. The molecule has 2 saturated carbocycles. The van der Waals surface area contributed by atoms with E-state index in [1.807, 2.05) is 12.1 Å². The van der Waals surface area contributed by atoms with Crippen molar-refractivity contribution in [3.8, 4) is 6.07 Å². The average Bonchev–Trinajstić information content (AvgIpc) is 2.68. The van der Waals surface area contributed by atoms with E-state index >= 15 is 0 Å². The molecule has 0 heterocycles. The molecule has 0 spiro atoms. The third kappa shape index (κ3) is 5.09. The highest BCUT2D eigenvalue weighted by molar-refractivity contribution is 5.34. The van der Waals surface area contributed by atoms with E-state index < -0.39 is 0 Å². The summed E-state index contributed by atoms with van der Waals surface area (Å²) in [6, 6.07) is 7.11. The molecule has 2 aliphatic carbocycles. The van der Waals surface area contributed by atoms with Gasteiger partial charge in [0, 0.05) is 0 Å². The minimum absolute atomic E-state index is 0.163. The lowest BCUT2D eigenvalue weighted by atomic mass is 9.74. The van der Waals surface area contributed by atoms with E-state index in [1.165, 1.54) is 77.0 Å². The fourth-order valence-electron chi connectivity index (χ4n) is 5.35. The predicted molar refractivity (Wildman–Crippen MR) is 105 cm³/mol. The molecule has 0 saturated heterocycles. The molecule has 1 nitrogen and oxygen atoms in total. The molecule has 0 radical (unpaired) electrons. The topological polar surface area (TPSA) is 23.8 Å². The number of nitriles is 1. The lowest BCUT2D eigenvalue weighted by molar-refractivity contribution is 0.224. The van der Waals surface area contributed by atoms with Gasteiger partial charge in [-0.15, -0.1) is 0 Å². The number of nitrogens with zero attached hydrogens (tertiary/aromatic N) is 1. The highest BCUT2D eigenvalue weighted by Crippen LogP contribution is 2.40. The smallest absolute Gasteiger partial charge is 0.141 e. The third-order valence-electron chi connectivity index (χ3n) is 7.08. The van der Waals surface area contributed by atoms with Crippen LogP contribution in [0, 0.1) is 34.9 Å². The first-order chi connectivity index (χ1) is 12.7. The Balaban J connectivity index is 1.39. The lowest BCUT2D eigenvalue weighted by Gasteiger charge is -2.32. The zero-order valence-corrected chi connectivity index (χ0v) is 16.4. The molecule has 2 aliphatic rings. The van der Waals surface area contributed by atoms with Gasteiger partial charge < -0.3 is 0 Å². The zero-order valence-electron chi connectivity index (χ0n) is 16.4. The van der Waals surface area contributed by atoms with Crippen LogP contribution in [0.2, 0.25) is 0 Å². The normalized spacial score (nSPS) is 29.3. The van der Waals surface area contributed by atoms with Crippen LogP contribution in [0.1, 0.15) is 101 Å². The van der Waals surface area contributed by atoms with Crippen LogP contribution < -0.4 is 0 Å². The first-order valence-electron chi connectivity index (χ1n) is 10.9. The van der Waals surface area contributed by atoms with Crippen molar-refractivity contribution < 1.29 is 4.39 Å². The second-order valence-corrected chi connectivity index (χ2v) is 8.82. The molecule has 0 unspecified atom stereocenters. The molecule has 0 amide bonds. The summed E-state index contributed by atoms with van der Waals surface area (Å²) in [6.07, 6.45) is 16.4. The van der Waals surface area contributed by atoms with Gasteiger partial charge in [0.2, 0.25) is 0 Å². The standard InChI is InChI=1S/C24H34FN/c1-2-3-18-4-6-19(7-5-18)8-9-20-10-12-21(13-11-20)22-14-15-23(17-26)24(25)16-22/h14-16,18-21H,2-13H2,1H3. The van der Waals surface area contributed by atoms with Crippen molar-refractivity contribution >= 4 is 0 Å². The number of hydrogen-bond donors (Lipinski definition) is 0. The summed E-state index contributed by atoms with van der Waals surface area (Å²) in [6.45, 7) is 2.31. The van der Waals surface area contributed by atoms with Gasteiger partial charge in [-0.2, -0.15) is 5.26 Å². The van der Waals surface area contributed by atoms with Crippen LogP contribution in [0.4, 0.5) is 4.39 Å². The van der Waals surface area contributed by atoms with Crippen molar-refractivity contribution in [3.63, 3.8) is 0 Å². The molecule has 142 valence electrons. The molecule has 2 heteroatoms. The SMILES string of the molecule is CCCC1CCC(CCC2CCC(c3ccc(C#N)c(F)c3)CC2)CC1. The second-order valence-electron chi connectivity index (χ2n) is 8.82. The van der Waals surface area contributed by atoms with Crippen LogP contribution in [0.3, 0.4) is 0 Å². The Bertz CT molecular complexity index is 601. The Kier molecular flexibility index (Phi) is 7.12. The van der Waals surface area contributed by atoms with Crippen LogP contribution in [-0.2, 0) is 0 Å². The van der Waals surface area contributed by atoms with E-state index in [9.17, 15) is 4.39 Å². The summed E-state index contributed by atoms with van der Waals surface area (Å²) >= 11 is 0. The molecule has 0 aliphatic heterocycles. The number of rotatable bonds is 6. The van der Waals surface area contributed by atoms with E-state index in [0.29, 0.717) is 5.92 Å². The molecule has 1 aromatic rings. The van der Waals surface area contributed by atoms with Crippen molar-refractivity contribution in [3.05, 3.63) is 35.1 Å². The summed E-state index contributed by atoms with van der Waals surface area (Å²) in [4.78, 5) is 0. The summed E-state index contributed by atoms with van der Waals surface area (Å²) in [7, 11) is 0. The van der Waals surface area contributed by atoms with Gasteiger partial charge in [0.15, 0.2) is 0 Å². The maximum absolute atomic E-state index is 13.9. The third-order valence-corrected chi connectivity index (χ3v) is 7.08. The van der Waals surface area contributed by atoms with Gasteiger partial charge in [0.25, 0.3) is 0 Å². The van der Waals surface area contributed by atoms with E-state index in [-0.39, 0.29) is 11.4 Å². The molecule has 2 fully saturated rings. The van der Waals surface area contributed by atoms with Gasteiger partial charge in [-0.05, 0) is 67.1 Å². The van der Waals surface area contributed by atoms with Gasteiger partial charge in [0.05, 0.1) is 5.56 Å². The van der Waals surface area contributed by atoms with Crippen molar-refractivity contribution in [2.24, 2.45) is 17.8 Å². The summed E-state index contributed by atoms with van der Waals surface area (Å²) in [5, 5.41) is 8.87. The quantitative estimate of drug-likeness (QED) is 0.523. The molecule has 1 aromatic carbocycles. The number of halogens is 1. The summed E-state index contributed by atoms with van der Waals surface area (Å²) < 4.78 is 13.9. The predicted octanol–water partition coefficient (Wildman–Crippen LogP) is 7.36. The van der Waals surface area contributed by atoms with E-state index in [0.717, 1.165) is 23.3 Å². The highest BCUT2D eigenvalue weighted by Gasteiger charge is 2.25. The van der Waals surface area contributed by atoms with Crippen LogP contribution in [0.25, 0.3) is 0 Å². The Morgan fingerprint density at radius 2 is 1.42 bits per heavy atom. The fourth-order valence-corrected chi connectivity index (χ4v) is 5.35. The van der Waals surface area contributed by atoms with Crippen molar-refractivity contribution in [2.45, 2.75) is 89.9 Å². The Hall–Kier alpha value is -1.36. The Morgan fingerprint density at radius 1 is 0.885 bits per heavy atom. The lowest BCUT2D eigenvalue weighted by Crippen LogP contribution is -2.17. The summed E-state index contributed by atoms with van der Waals surface area (Å²) in [5.74, 6) is 3.00. The first-order valence-corrected chi connectivity index (χ1v) is 10.9. The summed E-state index contributed by atoms with van der Waals surface area (Å²) in [5.41, 5.74) is 1.25. The molecule has 0 N–H and O–H groups in total. The van der Waals surface area contributed by atoms with Gasteiger partial charge in [-0.25, -0.2) is 4.39 Å². The van der Waals surface area contributed by atoms with Crippen LogP contribution >= 0.6 is 0 Å². The molecule has 0 aromatic heterocycles. The fraction of sp³-hybridized carbons (Fsp3) is 0.708. The highest BCUT2D eigenvalue weighted by atomic mass is 19.1.